The van der Waals surface area contributed by atoms with E-state index in [0.29, 0.717) is 6.54 Å². The number of carbonyl (C=O) groups excluding carboxylic acids is 1. The molecule has 0 aliphatic heterocycles. The topological polar surface area (TPSA) is 113 Å². The molecule has 0 fully saturated rings. The highest BCUT2D eigenvalue weighted by Crippen LogP contribution is 2.00. The molecule has 0 saturated carbocycles. The summed E-state index contributed by atoms with van der Waals surface area (Å²) in [5.74, 6) is -1.96. The molecule has 16 heavy (non-hydrogen) atoms. The highest BCUT2D eigenvalue weighted by Gasteiger charge is 2.30. The van der Waals surface area contributed by atoms with Crippen LogP contribution in [0.15, 0.2) is 0 Å². The van der Waals surface area contributed by atoms with Gasteiger partial charge < -0.3 is 10.4 Å². The number of carboxylic acid groups (broad SMARTS) is 1. The van der Waals surface area contributed by atoms with Crippen molar-refractivity contribution < 1.29 is 23.1 Å². The summed E-state index contributed by atoms with van der Waals surface area (Å²) in [6.07, 6.45) is 0. The molecule has 0 aromatic rings. The number of amides is 1. The van der Waals surface area contributed by atoms with Gasteiger partial charge >= 0.3 is 5.97 Å². The molecule has 0 spiro atoms. The zero-order chi connectivity index (χ0) is 12.9. The normalized spacial score (nSPS) is 15.2. The van der Waals surface area contributed by atoms with Gasteiger partial charge in [-0.25, -0.2) is 13.1 Å². The lowest BCUT2D eigenvalue weighted by molar-refractivity contribution is -0.136. The average Bonchev–Trinajstić information content (AvgIpc) is 2.16. The first-order chi connectivity index (χ1) is 7.22. The van der Waals surface area contributed by atoms with Gasteiger partial charge in [-0.3, -0.25) is 9.59 Å². The second kappa shape index (κ2) is 5.80. The zero-order valence-corrected chi connectivity index (χ0v) is 10.2. The lowest BCUT2D eigenvalue weighted by atomic mass is 10.3. The summed E-state index contributed by atoms with van der Waals surface area (Å²) in [5, 5.41) is 9.38. The number of rotatable bonds is 6. The molecule has 0 radical (unpaired) electrons. The second-order valence-electron chi connectivity index (χ2n) is 3.26. The van der Waals surface area contributed by atoms with Gasteiger partial charge in [0.1, 0.15) is 0 Å². The second-order valence-corrected chi connectivity index (χ2v) is 5.29. The minimum atomic E-state index is -4.03. The van der Waals surface area contributed by atoms with Gasteiger partial charge in [0.25, 0.3) is 0 Å². The quantitative estimate of drug-likeness (QED) is 0.555. The van der Waals surface area contributed by atoms with Crippen molar-refractivity contribution in [3.8, 4) is 0 Å². The van der Waals surface area contributed by atoms with Crippen molar-refractivity contribution in [2.24, 2.45) is 0 Å². The maximum atomic E-state index is 11.4. The van der Waals surface area contributed by atoms with E-state index < -0.39 is 33.2 Å². The van der Waals surface area contributed by atoms with Crippen LogP contribution < -0.4 is 10.0 Å². The van der Waals surface area contributed by atoms with Crippen LogP contribution in [-0.2, 0) is 19.6 Å². The molecule has 0 aromatic carbocycles. The van der Waals surface area contributed by atoms with Gasteiger partial charge in [0.2, 0.25) is 15.9 Å². The molecule has 7 nitrogen and oxygen atoms in total. The highest BCUT2D eigenvalue weighted by molar-refractivity contribution is 7.90. The van der Waals surface area contributed by atoms with Crippen molar-refractivity contribution >= 4 is 21.9 Å². The lowest BCUT2D eigenvalue weighted by Gasteiger charge is -2.15. The van der Waals surface area contributed by atoms with Crippen molar-refractivity contribution in [3.63, 3.8) is 0 Å². The first kappa shape index (κ1) is 14.8. The third kappa shape index (κ3) is 4.15. The van der Waals surface area contributed by atoms with Crippen LogP contribution in [-0.4, -0.2) is 43.2 Å². The zero-order valence-electron chi connectivity index (χ0n) is 9.35. The van der Waals surface area contributed by atoms with E-state index >= 15 is 0 Å². The Morgan fingerprint density at radius 1 is 1.31 bits per heavy atom. The number of likely N-dealkylation sites (N-methyl/N-ethyl adjacent to an activating group) is 1. The fraction of sp³-hybridized carbons (Fsp3) is 0.750. The molecule has 2 atom stereocenters. The van der Waals surface area contributed by atoms with Gasteiger partial charge in [-0.1, -0.05) is 0 Å². The van der Waals surface area contributed by atoms with Gasteiger partial charge in [-0.05, 0) is 20.8 Å². The van der Waals surface area contributed by atoms with Crippen molar-refractivity contribution in [2.75, 3.05) is 6.54 Å². The van der Waals surface area contributed by atoms with Gasteiger partial charge in [0.15, 0.2) is 5.25 Å². The predicted octanol–water partition coefficient (Wildman–Crippen LogP) is -1.10. The summed E-state index contributed by atoms with van der Waals surface area (Å²) in [4.78, 5) is 21.7. The van der Waals surface area contributed by atoms with Crippen molar-refractivity contribution in [1.29, 1.82) is 0 Å². The minimum absolute atomic E-state index is 0.374. The van der Waals surface area contributed by atoms with E-state index in [-0.39, 0.29) is 0 Å². The molecular formula is C8H16N2O5S. The van der Waals surface area contributed by atoms with Crippen LogP contribution in [0.5, 0.6) is 0 Å². The SMILES string of the molecule is CCNC(=O)C(C)NS(=O)(=O)C(C)C(=O)O. The van der Waals surface area contributed by atoms with Crippen LogP contribution in [0.1, 0.15) is 20.8 Å². The Balaban J connectivity index is 4.60. The Hall–Kier alpha value is -1.15. The fourth-order valence-corrected chi connectivity index (χ4v) is 1.93. The van der Waals surface area contributed by atoms with E-state index in [1.165, 1.54) is 6.92 Å². The number of nitrogens with one attached hydrogen (secondary N) is 2. The number of sulfonamides is 1. The van der Waals surface area contributed by atoms with Crippen molar-refractivity contribution in [2.45, 2.75) is 32.1 Å². The summed E-state index contributed by atoms with van der Waals surface area (Å²) in [6.45, 7) is 4.45. The van der Waals surface area contributed by atoms with Crippen LogP contribution >= 0.6 is 0 Å². The first-order valence-corrected chi connectivity index (χ1v) is 6.28. The Labute approximate surface area is 94.3 Å². The third-order valence-corrected chi connectivity index (χ3v) is 3.71. The number of aliphatic carboxylic acids is 1. The Bertz CT molecular complexity index is 365. The number of hydrogen-bond acceptors (Lipinski definition) is 4. The monoisotopic (exact) mass is 252 g/mol. The molecule has 0 aromatic heterocycles. The van der Waals surface area contributed by atoms with Crippen LogP contribution in [0.25, 0.3) is 0 Å². The standard InChI is InChI=1S/C8H16N2O5S/c1-4-9-7(11)5(2)10-16(14,15)6(3)8(12)13/h5-6,10H,4H2,1-3H3,(H,9,11)(H,12,13). The molecule has 0 rings (SSSR count). The molecule has 8 heteroatoms. The molecule has 0 heterocycles. The Kier molecular flexibility index (Phi) is 5.39. The van der Waals surface area contributed by atoms with Crippen molar-refractivity contribution in [3.05, 3.63) is 0 Å². The summed E-state index contributed by atoms with van der Waals surface area (Å²) in [5.41, 5.74) is 0. The van der Waals surface area contributed by atoms with E-state index in [4.69, 9.17) is 5.11 Å². The summed E-state index contributed by atoms with van der Waals surface area (Å²) < 4.78 is 24.8. The van der Waals surface area contributed by atoms with Crippen LogP contribution in [0.4, 0.5) is 0 Å². The van der Waals surface area contributed by atoms with Crippen LogP contribution in [0.2, 0.25) is 0 Å². The Morgan fingerprint density at radius 3 is 2.19 bits per heavy atom. The maximum absolute atomic E-state index is 11.4. The van der Waals surface area contributed by atoms with E-state index in [2.05, 4.69) is 5.32 Å². The van der Waals surface area contributed by atoms with Crippen molar-refractivity contribution in [1.82, 2.24) is 10.0 Å². The third-order valence-electron chi connectivity index (χ3n) is 1.90. The lowest BCUT2D eigenvalue weighted by Crippen LogP contribution is -2.48. The van der Waals surface area contributed by atoms with Gasteiger partial charge in [-0.2, -0.15) is 0 Å². The van der Waals surface area contributed by atoms with E-state index in [9.17, 15) is 18.0 Å². The van der Waals surface area contributed by atoms with Gasteiger partial charge in [0, 0.05) is 6.54 Å². The molecule has 3 N–H and O–H groups in total. The van der Waals surface area contributed by atoms with Crippen LogP contribution in [0, 0.1) is 0 Å². The molecule has 0 aliphatic rings. The van der Waals surface area contributed by atoms with E-state index in [1.807, 2.05) is 4.72 Å². The van der Waals surface area contributed by atoms with Crippen LogP contribution in [0.3, 0.4) is 0 Å². The highest BCUT2D eigenvalue weighted by atomic mass is 32.2. The summed E-state index contributed by atoms with van der Waals surface area (Å²) in [6, 6.07) is -0.994. The summed E-state index contributed by atoms with van der Waals surface area (Å²) in [7, 11) is -4.03. The Morgan fingerprint density at radius 2 is 1.81 bits per heavy atom. The van der Waals surface area contributed by atoms with Gasteiger partial charge in [0.05, 0.1) is 6.04 Å². The summed E-state index contributed by atoms with van der Waals surface area (Å²) >= 11 is 0. The average molecular weight is 252 g/mol. The molecule has 2 unspecified atom stereocenters. The number of hydrogen-bond donors (Lipinski definition) is 3. The number of carbonyl (C=O) groups is 2. The minimum Gasteiger partial charge on any atom is -0.480 e. The molecule has 1 amide bonds. The molecule has 94 valence electrons. The molecular weight excluding hydrogens is 236 g/mol. The molecule has 0 aliphatic carbocycles. The first-order valence-electron chi connectivity index (χ1n) is 4.74. The van der Waals surface area contributed by atoms with Gasteiger partial charge in [-0.15, -0.1) is 0 Å². The predicted molar refractivity (Wildman–Crippen MR) is 57.3 cm³/mol. The molecule has 0 saturated heterocycles. The number of carboxylic acids is 1. The fourth-order valence-electron chi connectivity index (χ4n) is 0.862. The van der Waals surface area contributed by atoms with E-state index in [1.54, 1.807) is 6.92 Å². The smallest absolute Gasteiger partial charge is 0.323 e. The van der Waals surface area contributed by atoms with E-state index in [0.717, 1.165) is 6.92 Å². The molecule has 0 bridgehead atoms. The largest absolute Gasteiger partial charge is 0.480 e. The maximum Gasteiger partial charge on any atom is 0.323 e.